The highest BCUT2D eigenvalue weighted by Crippen LogP contribution is 2.37. The minimum Gasteiger partial charge on any atom is -0.476 e. The maximum atomic E-state index is 12.5. The molecule has 0 radical (unpaired) electrons. The molecule has 1 aliphatic rings. The average molecular weight is 415 g/mol. The van der Waals surface area contributed by atoms with Crippen LogP contribution < -0.4 is 14.4 Å². The highest BCUT2D eigenvalue weighted by molar-refractivity contribution is 7.92. The molecule has 3 rings (SSSR count). The molecular formula is C17H16Cl2N2O4S. The van der Waals surface area contributed by atoms with Gasteiger partial charge in [-0.15, -0.1) is 0 Å². The standard InChI is InChI=1S/C17H16Cl2N2O4S/c1-26(23,24)21-10-16(25-15-7-6-13(19)8-14(15)21)17(22)20-9-11-2-4-12(18)5-3-11/h2-8,16H,9-10H2,1H3,(H,20,22)/t16-/m0/s1. The number of amides is 1. The number of rotatable bonds is 4. The number of benzene rings is 2. The third kappa shape index (κ3) is 4.23. The van der Waals surface area contributed by atoms with Crippen LogP contribution in [0.3, 0.4) is 0 Å². The van der Waals surface area contributed by atoms with E-state index in [1.165, 1.54) is 6.07 Å². The Hall–Kier alpha value is -1.96. The van der Waals surface area contributed by atoms with Gasteiger partial charge in [-0.2, -0.15) is 0 Å². The van der Waals surface area contributed by atoms with E-state index in [0.29, 0.717) is 15.7 Å². The number of nitrogens with one attached hydrogen (secondary N) is 1. The van der Waals surface area contributed by atoms with Gasteiger partial charge in [-0.1, -0.05) is 35.3 Å². The minimum absolute atomic E-state index is 0.126. The summed E-state index contributed by atoms with van der Waals surface area (Å²) in [6, 6.07) is 11.7. The van der Waals surface area contributed by atoms with Crippen molar-refractivity contribution in [3.05, 3.63) is 58.1 Å². The number of hydrogen-bond donors (Lipinski definition) is 1. The summed E-state index contributed by atoms with van der Waals surface area (Å²) in [5, 5.41) is 3.74. The molecule has 26 heavy (non-hydrogen) atoms. The van der Waals surface area contributed by atoms with E-state index in [0.717, 1.165) is 16.1 Å². The first-order valence-electron chi connectivity index (χ1n) is 7.70. The Labute approximate surface area is 161 Å². The highest BCUT2D eigenvalue weighted by atomic mass is 35.5. The summed E-state index contributed by atoms with van der Waals surface area (Å²) >= 11 is 11.8. The second-order valence-corrected chi connectivity index (χ2v) is 8.64. The molecule has 0 fully saturated rings. The van der Waals surface area contributed by atoms with Crippen molar-refractivity contribution in [1.29, 1.82) is 0 Å². The zero-order chi connectivity index (χ0) is 18.9. The van der Waals surface area contributed by atoms with E-state index in [4.69, 9.17) is 27.9 Å². The number of ether oxygens (including phenoxy) is 1. The quantitative estimate of drug-likeness (QED) is 0.834. The average Bonchev–Trinajstić information content (AvgIpc) is 2.59. The number of hydrogen-bond acceptors (Lipinski definition) is 4. The second-order valence-electron chi connectivity index (χ2n) is 5.86. The molecule has 0 aromatic heterocycles. The molecule has 2 aromatic rings. The summed E-state index contributed by atoms with van der Waals surface area (Å²) in [4.78, 5) is 12.5. The molecule has 0 bridgehead atoms. The van der Waals surface area contributed by atoms with Crippen LogP contribution in [0.15, 0.2) is 42.5 Å². The van der Waals surface area contributed by atoms with Gasteiger partial charge >= 0.3 is 0 Å². The van der Waals surface area contributed by atoms with Crippen molar-refractivity contribution in [3.8, 4) is 5.75 Å². The molecule has 1 N–H and O–H groups in total. The third-order valence-corrected chi connectivity index (χ3v) is 5.50. The lowest BCUT2D eigenvalue weighted by Crippen LogP contribution is -2.50. The summed E-state index contributed by atoms with van der Waals surface area (Å²) in [5.41, 5.74) is 1.19. The second kappa shape index (κ2) is 7.34. The molecule has 1 aliphatic heterocycles. The number of sulfonamides is 1. The van der Waals surface area contributed by atoms with Crippen LogP contribution in [-0.2, 0) is 21.4 Å². The number of nitrogens with zero attached hydrogens (tertiary/aromatic N) is 1. The molecule has 0 aliphatic carbocycles. The first-order valence-corrected chi connectivity index (χ1v) is 10.3. The fraction of sp³-hybridized carbons (Fsp3) is 0.235. The van der Waals surface area contributed by atoms with Crippen LogP contribution in [0, 0.1) is 0 Å². The molecule has 0 saturated carbocycles. The summed E-state index contributed by atoms with van der Waals surface area (Å²) in [5.74, 6) is -0.119. The van der Waals surface area contributed by atoms with Crippen LogP contribution in [0.1, 0.15) is 5.56 Å². The van der Waals surface area contributed by atoms with Crippen LogP contribution in [0.2, 0.25) is 10.0 Å². The molecule has 0 saturated heterocycles. The largest absolute Gasteiger partial charge is 0.476 e. The molecule has 9 heteroatoms. The minimum atomic E-state index is -3.59. The molecule has 0 unspecified atom stereocenters. The Kier molecular flexibility index (Phi) is 5.32. The van der Waals surface area contributed by atoms with Gasteiger partial charge in [0.25, 0.3) is 5.91 Å². The first kappa shape index (κ1) is 18.8. The molecule has 2 aromatic carbocycles. The van der Waals surface area contributed by atoms with Crippen molar-refractivity contribution >= 4 is 44.8 Å². The van der Waals surface area contributed by atoms with Gasteiger partial charge in [-0.25, -0.2) is 8.42 Å². The number of carbonyl (C=O) groups excluding carboxylic acids is 1. The van der Waals surface area contributed by atoms with Crippen molar-refractivity contribution in [2.24, 2.45) is 0 Å². The van der Waals surface area contributed by atoms with E-state index in [1.54, 1.807) is 36.4 Å². The predicted molar refractivity (Wildman–Crippen MR) is 101 cm³/mol. The maximum absolute atomic E-state index is 12.5. The van der Waals surface area contributed by atoms with Crippen molar-refractivity contribution < 1.29 is 17.9 Å². The Morgan fingerprint density at radius 1 is 1.19 bits per heavy atom. The van der Waals surface area contributed by atoms with Gasteiger partial charge in [0, 0.05) is 16.6 Å². The SMILES string of the molecule is CS(=O)(=O)N1C[C@@H](C(=O)NCc2ccc(Cl)cc2)Oc2ccc(Cl)cc21. The van der Waals surface area contributed by atoms with E-state index >= 15 is 0 Å². The van der Waals surface area contributed by atoms with E-state index in [-0.39, 0.29) is 18.8 Å². The molecule has 1 atom stereocenters. The lowest BCUT2D eigenvalue weighted by molar-refractivity contribution is -0.127. The molecular weight excluding hydrogens is 399 g/mol. The zero-order valence-electron chi connectivity index (χ0n) is 13.8. The van der Waals surface area contributed by atoms with Gasteiger partial charge in [0.05, 0.1) is 18.5 Å². The number of halogens is 2. The van der Waals surface area contributed by atoms with E-state index in [2.05, 4.69) is 5.32 Å². The van der Waals surface area contributed by atoms with Crippen molar-refractivity contribution in [2.45, 2.75) is 12.6 Å². The maximum Gasteiger partial charge on any atom is 0.263 e. The van der Waals surface area contributed by atoms with E-state index in [9.17, 15) is 13.2 Å². The lowest BCUT2D eigenvalue weighted by atomic mass is 10.2. The number of carbonyl (C=O) groups is 1. The van der Waals surface area contributed by atoms with Gasteiger partial charge in [-0.3, -0.25) is 9.10 Å². The summed E-state index contributed by atoms with van der Waals surface area (Å²) in [6.45, 7) is 0.154. The Bertz CT molecular complexity index is 932. The number of anilines is 1. The van der Waals surface area contributed by atoms with E-state index in [1.807, 2.05) is 0 Å². The predicted octanol–water partition coefficient (Wildman–Crippen LogP) is 2.84. The molecule has 6 nitrogen and oxygen atoms in total. The third-order valence-electron chi connectivity index (χ3n) is 3.86. The van der Waals surface area contributed by atoms with Crippen LogP contribution in [-0.4, -0.2) is 33.2 Å². The molecule has 138 valence electrons. The smallest absolute Gasteiger partial charge is 0.263 e. The number of fused-ring (bicyclic) bond motifs is 1. The van der Waals surface area contributed by atoms with E-state index < -0.39 is 22.0 Å². The van der Waals surface area contributed by atoms with Crippen LogP contribution in [0.5, 0.6) is 5.75 Å². The van der Waals surface area contributed by atoms with Gasteiger partial charge in [0.2, 0.25) is 10.0 Å². The highest BCUT2D eigenvalue weighted by Gasteiger charge is 2.35. The van der Waals surface area contributed by atoms with Gasteiger partial charge in [0.1, 0.15) is 5.75 Å². The molecule has 1 heterocycles. The van der Waals surface area contributed by atoms with Gasteiger partial charge < -0.3 is 10.1 Å². The van der Waals surface area contributed by atoms with Crippen LogP contribution >= 0.6 is 23.2 Å². The fourth-order valence-corrected chi connectivity index (χ4v) is 3.78. The molecule has 0 spiro atoms. The Balaban J connectivity index is 1.77. The monoisotopic (exact) mass is 414 g/mol. The molecule has 1 amide bonds. The Morgan fingerprint density at radius 2 is 1.85 bits per heavy atom. The normalized spacial score (nSPS) is 16.6. The van der Waals surface area contributed by atoms with Crippen molar-refractivity contribution in [1.82, 2.24) is 5.32 Å². The van der Waals surface area contributed by atoms with Crippen molar-refractivity contribution in [3.63, 3.8) is 0 Å². The van der Waals surface area contributed by atoms with Gasteiger partial charge in [0.15, 0.2) is 6.10 Å². The lowest BCUT2D eigenvalue weighted by Gasteiger charge is -2.34. The van der Waals surface area contributed by atoms with Crippen LogP contribution in [0.4, 0.5) is 5.69 Å². The van der Waals surface area contributed by atoms with Crippen LogP contribution in [0.25, 0.3) is 0 Å². The fourth-order valence-electron chi connectivity index (χ4n) is 2.58. The first-order chi connectivity index (χ1) is 12.2. The summed E-state index contributed by atoms with van der Waals surface area (Å²) in [6.07, 6.45) is 0.108. The zero-order valence-corrected chi connectivity index (χ0v) is 16.1. The summed E-state index contributed by atoms with van der Waals surface area (Å²) in [7, 11) is -3.59. The topological polar surface area (TPSA) is 75.7 Å². The summed E-state index contributed by atoms with van der Waals surface area (Å²) < 4.78 is 31.1. The Morgan fingerprint density at radius 3 is 2.50 bits per heavy atom. The van der Waals surface area contributed by atoms with Gasteiger partial charge in [-0.05, 0) is 35.9 Å². The van der Waals surface area contributed by atoms with Crippen molar-refractivity contribution in [2.75, 3.05) is 17.1 Å².